The third kappa shape index (κ3) is 5.06. The fourth-order valence-corrected chi connectivity index (χ4v) is 3.13. The Morgan fingerprint density at radius 2 is 1.53 bits per heavy atom. The van der Waals surface area contributed by atoms with Crippen molar-refractivity contribution in [3.63, 3.8) is 0 Å². The van der Waals surface area contributed by atoms with Crippen LogP contribution in [0.2, 0.25) is 0 Å². The molecule has 2 amide bonds. The average Bonchev–Trinajstić information content (AvgIpc) is 2.75. The predicted molar refractivity (Wildman–Crippen MR) is 120 cm³/mol. The summed E-state index contributed by atoms with van der Waals surface area (Å²) < 4.78 is 5.62. The molecule has 0 radical (unpaired) electrons. The fourth-order valence-electron chi connectivity index (χ4n) is 3.13. The van der Waals surface area contributed by atoms with E-state index in [1.165, 1.54) is 0 Å². The van der Waals surface area contributed by atoms with E-state index in [1.54, 1.807) is 53.4 Å². The number of ether oxygens (including phenoxy) is 1. The Labute approximate surface area is 177 Å². The van der Waals surface area contributed by atoms with Gasteiger partial charge < -0.3 is 15.0 Å². The second kappa shape index (κ2) is 9.74. The third-order valence-electron chi connectivity index (χ3n) is 4.52. The smallest absolute Gasteiger partial charge is 0.260 e. The van der Waals surface area contributed by atoms with Crippen LogP contribution >= 0.6 is 0 Å². The molecule has 0 saturated heterocycles. The zero-order valence-electron chi connectivity index (χ0n) is 17.5. The minimum Gasteiger partial charge on any atom is -0.491 e. The molecule has 0 saturated carbocycles. The standard InChI is InChI=1S/C25H26N2O3/c1-4-27(20-10-6-5-7-11-20)25(29)22-12-8-9-13-23(22)26-24(28)19-14-16-21(17-15-19)30-18(2)3/h5-18H,4H2,1-3H3,(H,26,28). The quantitative estimate of drug-likeness (QED) is 0.576. The van der Waals surface area contributed by atoms with Crippen LogP contribution in [-0.4, -0.2) is 24.5 Å². The molecule has 0 spiro atoms. The van der Waals surface area contributed by atoms with E-state index in [0.29, 0.717) is 29.1 Å². The molecule has 3 aromatic carbocycles. The summed E-state index contributed by atoms with van der Waals surface area (Å²) in [5, 5.41) is 2.87. The summed E-state index contributed by atoms with van der Waals surface area (Å²) in [6.07, 6.45) is 0.0636. The average molecular weight is 402 g/mol. The van der Waals surface area contributed by atoms with Crippen LogP contribution in [0.4, 0.5) is 11.4 Å². The van der Waals surface area contributed by atoms with Gasteiger partial charge in [-0.2, -0.15) is 0 Å². The summed E-state index contributed by atoms with van der Waals surface area (Å²) in [5.41, 5.74) is 2.22. The molecular formula is C25H26N2O3. The maximum atomic E-state index is 13.2. The number of nitrogens with zero attached hydrogens (tertiary/aromatic N) is 1. The maximum Gasteiger partial charge on any atom is 0.260 e. The van der Waals surface area contributed by atoms with Crippen LogP contribution < -0.4 is 15.0 Å². The third-order valence-corrected chi connectivity index (χ3v) is 4.52. The first kappa shape index (κ1) is 21.1. The monoisotopic (exact) mass is 402 g/mol. The predicted octanol–water partition coefficient (Wildman–Crippen LogP) is 5.39. The van der Waals surface area contributed by atoms with Crippen molar-refractivity contribution in [1.29, 1.82) is 0 Å². The molecule has 5 nitrogen and oxygen atoms in total. The van der Waals surface area contributed by atoms with Gasteiger partial charge in [0.25, 0.3) is 11.8 Å². The molecule has 0 aromatic heterocycles. The van der Waals surface area contributed by atoms with E-state index in [-0.39, 0.29) is 17.9 Å². The zero-order chi connectivity index (χ0) is 21.5. The van der Waals surface area contributed by atoms with Gasteiger partial charge in [-0.05, 0) is 69.3 Å². The Balaban J connectivity index is 1.81. The second-order valence-electron chi connectivity index (χ2n) is 7.08. The van der Waals surface area contributed by atoms with Gasteiger partial charge in [0.1, 0.15) is 5.75 Å². The van der Waals surface area contributed by atoms with Crippen molar-refractivity contribution in [2.45, 2.75) is 26.9 Å². The summed E-state index contributed by atoms with van der Waals surface area (Å²) in [7, 11) is 0. The molecule has 0 bridgehead atoms. The van der Waals surface area contributed by atoms with Crippen molar-refractivity contribution in [3.05, 3.63) is 90.0 Å². The van der Waals surface area contributed by atoms with Gasteiger partial charge in [-0.3, -0.25) is 9.59 Å². The Morgan fingerprint density at radius 1 is 0.900 bits per heavy atom. The number of benzene rings is 3. The Kier molecular flexibility index (Phi) is 6.86. The SMILES string of the molecule is CCN(C(=O)c1ccccc1NC(=O)c1ccc(OC(C)C)cc1)c1ccccc1. The first-order valence-electron chi connectivity index (χ1n) is 10.0. The molecule has 0 unspecified atom stereocenters. The topological polar surface area (TPSA) is 58.6 Å². The van der Waals surface area contributed by atoms with Crippen LogP contribution in [-0.2, 0) is 0 Å². The molecule has 3 aromatic rings. The fraction of sp³-hybridized carbons (Fsp3) is 0.200. The minimum absolute atomic E-state index is 0.0636. The van der Waals surface area contributed by atoms with Gasteiger partial charge in [-0.15, -0.1) is 0 Å². The number of nitrogens with one attached hydrogen (secondary N) is 1. The van der Waals surface area contributed by atoms with Crippen LogP contribution in [0.3, 0.4) is 0 Å². The lowest BCUT2D eigenvalue weighted by Crippen LogP contribution is -2.31. The molecule has 3 rings (SSSR count). The van der Waals surface area contributed by atoms with E-state index in [0.717, 1.165) is 5.69 Å². The molecule has 0 aliphatic heterocycles. The lowest BCUT2D eigenvalue weighted by Gasteiger charge is -2.22. The molecular weight excluding hydrogens is 376 g/mol. The number of amides is 2. The molecule has 1 N–H and O–H groups in total. The molecule has 0 aliphatic carbocycles. The molecule has 0 aliphatic rings. The van der Waals surface area contributed by atoms with Gasteiger partial charge in [-0.1, -0.05) is 30.3 Å². The van der Waals surface area contributed by atoms with Gasteiger partial charge in [0, 0.05) is 17.8 Å². The summed E-state index contributed by atoms with van der Waals surface area (Å²) >= 11 is 0. The van der Waals surface area contributed by atoms with Gasteiger partial charge in [0.05, 0.1) is 17.4 Å². The van der Waals surface area contributed by atoms with Gasteiger partial charge in [0.2, 0.25) is 0 Å². The molecule has 0 heterocycles. The van der Waals surface area contributed by atoms with Crippen molar-refractivity contribution < 1.29 is 14.3 Å². The number of hydrogen-bond acceptors (Lipinski definition) is 3. The number of carbonyl (C=O) groups excluding carboxylic acids is 2. The van der Waals surface area contributed by atoms with Gasteiger partial charge in [-0.25, -0.2) is 0 Å². The zero-order valence-corrected chi connectivity index (χ0v) is 17.5. The Morgan fingerprint density at radius 3 is 2.17 bits per heavy atom. The molecule has 0 atom stereocenters. The van der Waals surface area contributed by atoms with Crippen LogP contribution in [0.1, 0.15) is 41.5 Å². The van der Waals surface area contributed by atoms with E-state index < -0.39 is 0 Å². The minimum atomic E-state index is -0.283. The molecule has 154 valence electrons. The summed E-state index contributed by atoms with van der Waals surface area (Å²) in [4.78, 5) is 27.7. The van der Waals surface area contributed by atoms with Gasteiger partial charge >= 0.3 is 0 Å². The van der Waals surface area contributed by atoms with Crippen LogP contribution in [0.5, 0.6) is 5.75 Å². The Hall–Kier alpha value is -3.60. The van der Waals surface area contributed by atoms with Gasteiger partial charge in [0.15, 0.2) is 0 Å². The largest absolute Gasteiger partial charge is 0.491 e. The number of hydrogen-bond donors (Lipinski definition) is 1. The van der Waals surface area contributed by atoms with Crippen LogP contribution in [0.25, 0.3) is 0 Å². The highest BCUT2D eigenvalue weighted by Crippen LogP contribution is 2.23. The van der Waals surface area contributed by atoms with E-state index in [4.69, 9.17) is 4.74 Å². The van der Waals surface area contributed by atoms with E-state index in [9.17, 15) is 9.59 Å². The first-order valence-corrected chi connectivity index (χ1v) is 10.0. The normalized spacial score (nSPS) is 10.5. The van der Waals surface area contributed by atoms with E-state index >= 15 is 0 Å². The number of anilines is 2. The highest BCUT2D eigenvalue weighted by Gasteiger charge is 2.20. The van der Waals surface area contributed by atoms with E-state index in [2.05, 4.69) is 5.32 Å². The summed E-state index contributed by atoms with van der Waals surface area (Å²) in [6.45, 7) is 6.34. The van der Waals surface area contributed by atoms with Crippen molar-refractivity contribution in [3.8, 4) is 5.75 Å². The number of carbonyl (C=O) groups is 2. The molecule has 0 fully saturated rings. The highest BCUT2D eigenvalue weighted by molar-refractivity contribution is 6.13. The van der Waals surface area contributed by atoms with Crippen LogP contribution in [0, 0.1) is 0 Å². The summed E-state index contributed by atoms with van der Waals surface area (Å²) in [6, 6.07) is 23.5. The molecule has 30 heavy (non-hydrogen) atoms. The van der Waals surface area contributed by atoms with Crippen molar-refractivity contribution >= 4 is 23.2 Å². The number of rotatable bonds is 7. The van der Waals surface area contributed by atoms with Crippen LogP contribution in [0.15, 0.2) is 78.9 Å². The highest BCUT2D eigenvalue weighted by atomic mass is 16.5. The lowest BCUT2D eigenvalue weighted by molar-refractivity contribution is 0.0989. The van der Waals surface area contributed by atoms with E-state index in [1.807, 2.05) is 51.1 Å². The van der Waals surface area contributed by atoms with Crippen molar-refractivity contribution in [1.82, 2.24) is 0 Å². The Bertz CT molecular complexity index is 998. The summed E-state index contributed by atoms with van der Waals surface area (Å²) in [5.74, 6) is 0.257. The number of para-hydroxylation sites is 2. The second-order valence-corrected chi connectivity index (χ2v) is 7.08. The molecule has 5 heteroatoms. The van der Waals surface area contributed by atoms with Crippen molar-refractivity contribution in [2.24, 2.45) is 0 Å². The maximum absolute atomic E-state index is 13.2. The van der Waals surface area contributed by atoms with Crippen molar-refractivity contribution in [2.75, 3.05) is 16.8 Å². The lowest BCUT2D eigenvalue weighted by atomic mass is 10.1. The first-order chi connectivity index (χ1) is 14.5.